The molecule has 0 atom stereocenters. The number of carbonyl (C=O) groups is 1. The summed E-state index contributed by atoms with van der Waals surface area (Å²) in [7, 11) is 0. The van der Waals surface area contributed by atoms with Crippen molar-refractivity contribution in [1.82, 2.24) is 5.32 Å². The molecular formula is C12H15F2NO2. The Bertz CT molecular complexity index is 363. The monoisotopic (exact) mass is 243 g/mol. The number of ether oxygens (including phenoxy) is 1. The molecule has 1 aromatic carbocycles. The third kappa shape index (κ3) is 4.91. The minimum absolute atomic E-state index is 0.0149. The fraction of sp³-hybridized carbons (Fsp3) is 0.417. The number of amides is 1. The van der Waals surface area contributed by atoms with E-state index in [9.17, 15) is 13.6 Å². The lowest BCUT2D eigenvalue weighted by Gasteiger charge is -2.05. The zero-order valence-corrected chi connectivity index (χ0v) is 9.63. The molecule has 1 aromatic rings. The molecule has 0 aliphatic rings. The number of rotatable bonds is 6. The molecule has 0 radical (unpaired) electrons. The second kappa shape index (κ2) is 6.96. The molecule has 0 aliphatic carbocycles. The Hall–Kier alpha value is -1.49. The van der Waals surface area contributed by atoms with Gasteiger partial charge in [-0.05, 0) is 25.5 Å². The summed E-state index contributed by atoms with van der Waals surface area (Å²) in [5, 5.41) is 2.56. The van der Waals surface area contributed by atoms with Crippen LogP contribution in [0, 0.1) is 11.6 Å². The normalized spacial score (nSPS) is 10.3. The summed E-state index contributed by atoms with van der Waals surface area (Å²) in [6, 6.07) is 2.73. The van der Waals surface area contributed by atoms with Crippen LogP contribution in [0.1, 0.15) is 23.7 Å². The predicted molar refractivity (Wildman–Crippen MR) is 59.8 cm³/mol. The predicted octanol–water partition coefficient (Wildman–Crippen LogP) is 2.12. The summed E-state index contributed by atoms with van der Waals surface area (Å²) in [5.41, 5.74) is -0.0149. The lowest BCUT2D eigenvalue weighted by Crippen LogP contribution is -2.25. The van der Waals surface area contributed by atoms with Gasteiger partial charge in [0.15, 0.2) is 0 Å². The SMILES string of the molecule is CCOCCCNC(=O)c1cc(F)cc(F)c1. The zero-order valence-electron chi connectivity index (χ0n) is 9.63. The van der Waals surface area contributed by atoms with Gasteiger partial charge in [-0.25, -0.2) is 8.78 Å². The van der Waals surface area contributed by atoms with Crippen LogP contribution in [0.4, 0.5) is 8.78 Å². The number of benzene rings is 1. The third-order valence-corrected chi connectivity index (χ3v) is 2.08. The van der Waals surface area contributed by atoms with Gasteiger partial charge < -0.3 is 10.1 Å². The largest absolute Gasteiger partial charge is 0.382 e. The first-order valence-corrected chi connectivity index (χ1v) is 5.45. The molecule has 0 bridgehead atoms. The Morgan fingerprint density at radius 3 is 2.53 bits per heavy atom. The number of hydrogen-bond donors (Lipinski definition) is 1. The molecule has 94 valence electrons. The molecule has 1 amide bonds. The van der Waals surface area contributed by atoms with Crippen LogP contribution in [0.25, 0.3) is 0 Å². The second-order valence-electron chi connectivity index (χ2n) is 3.46. The van der Waals surface area contributed by atoms with Crippen LogP contribution in [0.3, 0.4) is 0 Å². The van der Waals surface area contributed by atoms with Gasteiger partial charge in [-0.2, -0.15) is 0 Å². The van der Waals surface area contributed by atoms with Gasteiger partial charge >= 0.3 is 0 Å². The quantitative estimate of drug-likeness (QED) is 0.777. The minimum Gasteiger partial charge on any atom is -0.382 e. The van der Waals surface area contributed by atoms with Crippen molar-refractivity contribution in [1.29, 1.82) is 0 Å². The molecule has 1 N–H and O–H groups in total. The Morgan fingerprint density at radius 1 is 1.29 bits per heavy atom. The molecule has 0 saturated heterocycles. The summed E-state index contributed by atoms with van der Waals surface area (Å²) < 4.78 is 30.8. The van der Waals surface area contributed by atoms with E-state index in [1.807, 2.05) is 6.92 Å². The second-order valence-corrected chi connectivity index (χ2v) is 3.46. The molecule has 0 aromatic heterocycles. The number of halogens is 2. The van der Waals surface area contributed by atoms with Gasteiger partial charge in [0.2, 0.25) is 0 Å². The summed E-state index contributed by atoms with van der Waals surface area (Å²) in [5.74, 6) is -2.01. The van der Waals surface area contributed by atoms with E-state index in [1.54, 1.807) is 0 Å². The van der Waals surface area contributed by atoms with Gasteiger partial charge in [-0.1, -0.05) is 0 Å². The average molecular weight is 243 g/mol. The van der Waals surface area contributed by atoms with Crippen LogP contribution in [-0.4, -0.2) is 25.7 Å². The Kier molecular flexibility index (Phi) is 5.56. The Balaban J connectivity index is 2.41. The molecular weight excluding hydrogens is 228 g/mol. The van der Waals surface area contributed by atoms with E-state index in [0.717, 1.165) is 18.2 Å². The van der Waals surface area contributed by atoms with E-state index < -0.39 is 17.5 Å². The lowest BCUT2D eigenvalue weighted by molar-refractivity contribution is 0.0943. The smallest absolute Gasteiger partial charge is 0.251 e. The summed E-state index contributed by atoms with van der Waals surface area (Å²) in [6.07, 6.45) is 0.664. The molecule has 0 fully saturated rings. The van der Waals surface area contributed by atoms with E-state index in [0.29, 0.717) is 26.2 Å². The highest BCUT2D eigenvalue weighted by molar-refractivity contribution is 5.94. The highest BCUT2D eigenvalue weighted by Crippen LogP contribution is 2.07. The van der Waals surface area contributed by atoms with E-state index in [4.69, 9.17) is 4.74 Å². The van der Waals surface area contributed by atoms with Crippen molar-refractivity contribution in [3.63, 3.8) is 0 Å². The molecule has 1 rings (SSSR count). The Morgan fingerprint density at radius 2 is 1.94 bits per heavy atom. The van der Waals surface area contributed by atoms with E-state index >= 15 is 0 Å². The van der Waals surface area contributed by atoms with E-state index in [1.165, 1.54) is 0 Å². The topological polar surface area (TPSA) is 38.3 Å². The number of hydrogen-bond acceptors (Lipinski definition) is 2. The Labute approximate surface area is 98.8 Å². The van der Waals surface area contributed by atoms with Crippen LogP contribution in [-0.2, 0) is 4.74 Å². The molecule has 5 heteroatoms. The van der Waals surface area contributed by atoms with Crippen molar-refractivity contribution in [2.75, 3.05) is 19.8 Å². The fourth-order valence-corrected chi connectivity index (χ4v) is 1.31. The first kappa shape index (κ1) is 13.6. The van der Waals surface area contributed by atoms with Crippen molar-refractivity contribution in [3.05, 3.63) is 35.4 Å². The molecule has 3 nitrogen and oxygen atoms in total. The van der Waals surface area contributed by atoms with E-state index in [2.05, 4.69) is 5.32 Å². The molecule has 0 saturated carbocycles. The molecule has 0 spiro atoms. The van der Waals surface area contributed by atoms with Crippen LogP contribution >= 0.6 is 0 Å². The summed E-state index contributed by atoms with van der Waals surface area (Å²) in [6.45, 7) is 3.47. The van der Waals surface area contributed by atoms with Gasteiger partial charge in [-0.3, -0.25) is 4.79 Å². The maximum atomic E-state index is 12.8. The van der Waals surface area contributed by atoms with Crippen LogP contribution < -0.4 is 5.32 Å². The molecule has 0 unspecified atom stereocenters. The van der Waals surface area contributed by atoms with Crippen molar-refractivity contribution in [3.8, 4) is 0 Å². The molecule has 0 aliphatic heterocycles. The highest BCUT2D eigenvalue weighted by Gasteiger charge is 2.08. The maximum Gasteiger partial charge on any atom is 0.251 e. The first-order chi connectivity index (χ1) is 8.13. The first-order valence-electron chi connectivity index (χ1n) is 5.45. The number of nitrogens with one attached hydrogen (secondary N) is 1. The van der Waals surface area contributed by atoms with Crippen molar-refractivity contribution in [2.45, 2.75) is 13.3 Å². The molecule has 0 heterocycles. The molecule has 17 heavy (non-hydrogen) atoms. The minimum atomic E-state index is -0.760. The summed E-state index contributed by atoms with van der Waals surface area (Å²) in [4.78, 5) is 11.5. The average Bonchev–Trinajstić information content (AvgIpc) is 2.27. The highest BCUT2D eigenvalue weighted by atomic mass is 19.1. The van der Waals surface area contributed by atoms with Crippen molar-refractivity contribution >= 4 is 5.91 Å². The number of carbonyl (C=O) groups excluding carboxylic acids is 1. The van der Waals surface area contributed by atoms with Crippen molar-refractivity contribution < 1.29 is 18.3 Å². The van der Waals surface area contributed by atoms with Crippen LogP contribution in [0.2, 0.25) is 0 Å². The van der Waals surface area contributed by atoms with Crippen LogP contribution in [0.15, 0.2) is 18.2 Å². The lowest BCUT2D eigenvalue weighted by atomic mass is 10.2. The standard InChI is InChI=1S/C12H15F2NO2/c1-2-17-5-3-4-15-12(16)9-6-10(13)8-11(14)7-9/h6-8H,2-5H2,1H3,(H,15,16). The van der Waals surface area contributed by atoms with Gasteiger partial charge in [-0.15, -0.1) is 0 Å². The van der Waals surface area contributed by atoms with Gasteiger partial charge in [0.1, 0.15) is 11.6 Å². The van der Waals surface area contributed by atoms with Gasteiger partial charge in [0.25, 0.3) is 5.91 Å². The van der Waals surface area contributed by atoms with Gasteiger partial charge in [0, 0.05) is 31.4 Å². The van der Waals surface area contributed by atoms with E-state index in [-0.39, 0.29) is 5.56 Å². The van der Waals surface area contributed by atoms with Crippen LogP contribution in [0.5, 0.6) is 0 Å². The zero-order chi connectivity index (χ0) is 12.7. The van der Waals surface area contributed by atoms with Gasteiger partial charge in [0.05, 0.1) is 0 Å². The summed E-state index contributed by atoms with van der Waals surface area (Å²) >= 11 is 0. The fourth-order valence-electron chi connectivity index (χ4n) is 1.31. The van der Waals surface area contributed by atoms with Crippen molar-refractivity contribution in [2.24, 2.45) is 0 Å². The third-order valence-electron chi connectivity index (χ3n) is 2.08. The maximum absolute atomic E-state index is 12.8.